The molecule has 1 rings (SSSR count). The Labute approximate surface area is 80.7 Å². The largest absolute Gasteiger partial charge is 0.768 e. The number of nitrogens with zero attached hydrogens (tertiary/aromatic N) is 1. The highest BCUT2D eigenvalue weighted by Crippen LogP contribution is 2.13. The average Bonchev–Trinajstić information content (AvgIpc) is 2.03. The summed E-state index contributed by atoms with van der Waals surface area (Å²) in [6.45, 7) is 0.643. The summed E-state index contributed by atoms with van der Waals surface area (Å²) < 4.78 is 21.6. The molecular formula is C9H12NO2S-. The van der Waals surface area contributed by atoms with Crippen LogP contribution in [-0.2, 0) is 17.6 Å². The van der Waals surface area contributed by atoms with Gasteiger partial charge in [-0.25, -0.2) is 0 Å². The van der Waals surface area contributed by atoms with Gasteiger partial charge in [0.05, 0.1) is 0 Å². The monoisotopic (exact) mass is 198 g/mol. The van der Waals surface area contributed by atoms with Gasteiger partial charge >= 0.3 is 0 Å². The minimum atomic E-state index is -2.13. The molecule has 3 nitrogen and oxygen atoms in total. The summed E-state index contributed by atoms with van der Waals surface area (Å²) in [5, 5.41) is 0. The number of hydrogen-bond acceptors (Lipinski definition) is 3. The Bertz CT molecular complexity index is 312. The molecule has 1 aromatic carbocycles. The van der Waals surface area contributed by atoms with E-state index in [1.54, 1.807) is 12.1 Å². The molecule has 72 valence electrons. The van der Waals surface area contributed by atoms with Crippen molar-refractivity contribution in [2.75, 3.05) is 14.1 Å². The van der Waals surface area contributed by atoms with Crippen LogP contribution in [0.25, 0.3) is 0 Å². The van der Waals surface area contributed by atoms with E-state index >= 15 is 0 Å². The Morgan fingerprint density at radius 3 is 2.54 bits per heavy atom. The molecule has 0 aromatic heterocycles. The number of rotatable bonds is 3. The Morgan fingerprint density at radius 1 is 1.38 bits per heavy atom. The van der Waals surface area contributed by atoms with Gasteiger partial charge in [0.15, 0.2) is 0 Å². The van der Waals surface area contributed by atoms with Crippen molar-refractivity contribution in [3.8, 4) is 0 Å². The predicted molar refractivity (Wildman–Crippen MR) is 51.0 cm³/mol. The van der Waals surface area contributed by atoms with Gasteiger partial charge in [-0.05, 0) is 36.8 Å². The van der Waals surface area contributed by atoms with Gasteiger partial charge in [0, 0.05) is 11.4 Å². The predicted octanol–water partition coefficient (Wildman–Crippen LogP) is 0.986. The van der Waals surface area contributed by atoms with Crippen molar-refractivity contribution in [2.24, 2.45) is 0 Å². The van der Waals surface area contributed by atoms with Gasteiger partial charge in [-0.2, -0.15) is 0 Å². The summed E-state index contributed by atoms with van der Waals surface area (Å²) in [4.78, 5) is 2.32. The molecule has 1 unspecified atom stereocenters. The summed E-state index contributed by atoms with van der Waals surface area (Å²) in [6.07, 6.45) is 0. The van der Waals surface area contributed by atoms with Crippen LogP contribution in [0.15, 0.2) is 29.2 Å². The highest BCUT2D eigenvalue weighted by molar-refractivity contribution is 7.79. The smallest absolute Gasteiger partial charge is 0.0293 e. The zero-order valence-electron chi connectivity index (χ0n) is 7.69. The molecule has 0 fully saturated rings. The van der Waals surface area contributed by atoms with Crippen LogP contribution >= 0.6 is 0 Å². The standard InChI is InChI=1S/C9H13NO2S/c1-10(2)7-8-5-3-4-6-9(8)13(11)12/h3-6H,7H2,1-2H3,(H,11,12)/p-1. The van der Waals surface area contributed by atoms with Crippen LogP contribution in [0, 0.1) is 0 Å². The van der Waals surface area contributed by atoms with Crippen molar-refractivity contribution in [3.05, 3.63) is 29.8 Å². The maximum absolute atomic E-state index is 10.8. The van der Waals surface area contributed by atoms with Gasteiger partial charge < -0.3 is 9.45 Å². The summed E-state index contributed by atoms with van der Waals surface area (Å²) in [7, 11) is 3.81. The highest BCUT2D eigenvalue weighted by atomic mass is 32.2. The van der Waals surface area contributed by atoms with Gasteiger partial charge in [0.2, 0.25) is 0 Å². The van der Waals surface area contributed by atoms with E-state index in [-0.39, 0.29) is 0 Å². The molecule has 0 N–H and O–H groups in total. The van der Waals surface area contributed by atoms with Crippen molar-refractivity contribution in [1.29, 1.82) is 0 Å². The molecular weight excluding hydrogens is 186 g/mol. The van der Waals surface area contributed by atoms with Crippen LogP contribution in [0.4, 0.5) is 0 Å². The Balaban J connectivity index is 2.98. The molecule has 0 aliphatic carbocycles. The summed E-state index contributed by atoms with van der Waals surface area (Å²) >= 11 is -2.13. The van der Waals surface area contributed by atoms with E-state index in [0.717, 1.165) is 5.56 Å². The van der Waals surface area contributed by atoms with E-state index in [4.69, 9.17) is 0 Å². The first-order valence-corrected chi connectivity index (χ1v) is 5.00. The van der Waals surface area contributed by atoms with Crippen LogP contribution in [0.1, 0.15) is 5.56 Å². The second-order valence-corrected chi connectivity index (χ2v) is 3.99. The van der Waals surface area contributed by atoms with E-state index < -0.39 is 11.1 Å². The Morgan fingerprint density at radius 2 is 2.00 bits per heavy atom. The minimum absolute atomic E-state index is 0.385. The Kier molecular flexibility index (Phi) is 3.59. The molecule has 1 atom stereocenters. The van der Waals surface area contributed by atoms with Crippen molar-refractivity contribution in [1.82, 2.24) is 4.90 Å². The maximum Gasteiger partial charge on any atom is 0.0293 e. The van der Waals surface area contributed by atoms with Crippen molar-refractivity contribution < 1.29 is 8.76 Å². The molecule has 0 aliphatic heterocycles. The van der Waals surface area contributed by atoms with Crippen molar-refractivity contribution in [2.45, 2.75) is 11.4 Å². The van der Waals surface area contributed by atoms with Gasteiger partial charge in [-0.1, -0.05) is 18.2 Å². The number of hydrogen-bond donors (Lipinski definition) is 0. The molecule has 0 saturated heterocycles. The van der Waals surface area contributed by atoms with Gasteiger partial charge in [-0.15, -0.1) is 0 Å². The van der Waals surface area contributed by atoms with Gasteiger partial charge in [0.1, 0.15) is 0 Å². The van der Waals surface area contributed by atoms with Crippen LogP contribution in [0.5, 0.6) is 0 Å². The van der Waals surface area contributed by atoms with Crippen LogP contribution in [-0.4, -0.2) is 27.8 Å². The fraction of sp³-hybridized carbons (Fsp3) is 0.333. The van der Waals surface area contributed by atoms with E-state index in [9.17, 15) is 8.76 Å². The topological polar surface area (TPSA) is 43.4 Å². The molecule has 0 aliphatic rings. The normalized spacial score (nSPS) is 13.2. The molecule has 0 bridgehead atoms. The zero-order valence-corrected chi connectivity index (χ0v) is 8.50. The second kappa shape index (κ2) is 4.50. The SMILES string of the molecule is CN(C)Cc1ccccc1S(=O)[O-]. The van der Waals surface area contributed by atoms with Crippen LogP contribution < -0.4 is 0 Å². The van der Waals surface area contributed by atoms with Gasteiger partial charge in [-0.3, -0.25) is 4.21 Å². The van der Waals surface area contributed by atoms with Crippen molar-refractivity contribution >= 4 is 11.1 Å². The quantitative estimate of drug-likeness (QED) is 0.680. The fourth-order valence-corrected chi connectivity index (χ4v) is 1.67. The van der Waals surface area contributed by atoms with E-state index in [1.165, 1.54) is 0 Å². The molecule has 0 heterocycles. The number of benzene rings is 1. The third kappa shape index (κ3) is 2.91. The fourth-order valence-electron chi connectivity index (χ4n) is 1.14. The third-order valence-corrected chi connectivity index (χ3v) is 2.40. The summed E-state index contributed by atoms with van der Waals surface area (Å²) in [6, 6.07) is 7.01. The van der Waals surface area contributed by atoms with Crippen LogP contribution in [0.3, 0.4) is 0 Å². The van der Waals surface area contributed by atoms with E-state index in [0.29, 0.717) is 11.4 Å². The zero-order chi connectivity index (χ0) is 9.84. The molecule has 0 saturated carbocycles. The maximum atomic E-state index is 10.8. The lowest BCUT2D eigenvalue weighted by Gasteiger charge is -2.15. The molecule has 0 amide bonds. The molecule has 1 aromatic rings. The molecule has 4 heteroatoms. The first-order valence-electron chi connectivity index (χ1n) is 3.93. The second-order valence-electron chi connectivity index (χ2n) is 3.08. The van der Waals surface area contributed by atoms with Crippen LogP contribution in [0.2, 0.25) is 0 Å². The first kappa shape index (κ1) is 10.4. The lowest BCUT2D eigenvalue weighted by atomic mass is 10.2. The molecule has 0 spiro atoms. The Hall–Kier alpha value is -0.710. The minimum Gasteiger partial charge on any atom is -0.768 e. The van der Waals surface area contributed by atoms with Gasteiger partial charge in [0.25, 0.3) is 0 Å². The highest BCUT2D eigenvalue weighted by Gasteiger charge is 2.02. The lowest BCUT2D eigenvalue weighted by molar-refractivity contribution is 0.398. The average molecular weight is 198 g/mol. The molecule has 0 radical (unpaired) electrons. The van der Waals surface area contributed by atoms with Crippen molar-refractivity contribution in [3.63, 3.8) is 0 Å². The lowest BCUT2D eigenvalue weighted by Crippen LogP contribution is -2.12. The summed E-state index contributed by atoms with van der Waals surface area (Å²) in [5.41, 5.74) is 0.834. The van der Waals surface area contributed by atoms with E-state index in [2.05, 4.69) is 0 Å². The third-order valence-electron chi connectivity index (χ3n) is 1.64. The first-order chi connectivity index (χ1) is 6.11. The summed E-state index contributed by atoms with van der Waals surface area (Å²) in [5.74, 6) is 0. The van der Waals surface area contributed by atoms with E-state index in [1.807, 2.05) is 31.1 Å². The molecule has 13 heavy (non-hydrogen) atoms.